The first-order chi connectivity index (χ1) is 13.1. The van der Waals surface area contributed by atoms with Crippen LogP contribution in [0.15, 0.2) is 24.3 Å². The van der Waals surface area contributed by atoms with Crippen LogP contribution < -0.4 is 5.32 Å². The molecule has 0 bridgehead atoms. The van der Waals surface area contributed by atoms with Crippen LogP contribution >= 0.6 is 0 Å². The zero-order chi connectivity index (χ0) is 20.6. The average Bonchev–Trinajstić information content (AvgIpc) is 3.37. The molecule has 1 aromatic rings. The van der Waals surface area contributed by atoms with Crippen LogP contribution in [0.2, 0.25) is 0 Å². The van der Waals surface area contributed by atoms with E-state index in [0.717, 1.165) is 5.56 Å². The van der Waals surface area contributed by atoms with E-state index in [2.05, 4.69) is 10.1 Å². The molecule has 2 aliphatic rings. The van der Waals surface area contributed by atoms with Gasteiger partial charge in [-0.15, -0.1) is 0 Å². The summed E-state index contributed by atoms with van der Waals surface area (Å²) in [5.74, 6) is -3.19. The normalized spacial score (nSPS) is 27.0. The average molecular weight is 400 g/mol. The maximum absolute atomic E-state index is 12.5. The molecule has 2 fully saturated rings. The molecule has 3 rings (SSSR count). The summed E-state index contributed by atoms with van der Waals surface area (Å²) in [7, 11) is 0. The molecule has 2 aliphatic heterocycles. The van der Waals surface area contributed by atoms with Gasteiger partial charge in [-0.05, 0) is 37.5 Å². The summed E-state index contributed by atoms with van der Waals surface area (Å²) in [6.07, 6.45) is -7.55. The Kier molecular flexibility index (Phi) is 5.33. The van der Waals surface area contributed by atoms with Gasteiger partial charge in [0, 0.05) is 12.6 Å². The lowest BCUT2D eigenvalue weighted by Crippen LogP contribution is -2.44. The molecule has 0 saturated carbocycles. The van der Waals surface area contributed by atoms with Gasteiger partial charge in [-0.1, -0.05) is 12.1 Å². The number of nitrogens with zero attached hydrogens (tertiary/aromatic N) is 1. The number of Topliss-reactive ketones (excluding diaryl/α,β-unsaturated/α-hetero) is 1. The quantitative estimate of drug-likeness (QED) is 0.693. The number of hydrogen-bond acceptors (Lipinski definition) is 5. The maximum atomic E-state index is 12.5. The van der Waals surface area contributed by atoms with Crippen molar-refractivity contribution in [3.63, 3.8) is 0 Å². The summed E-state index contributed by atoms with van der Waals surface area (Å²) in [4.78, 5) is 37.2. The third-order valence-corrected chi connectivity index (χ3v) is 4.87. The number of carbonyl (C=O) groups excluding carboxylic acids is 3. The van der Waals surface area contributed by atoms with Crippen LogP contribution in [0.3, 0.4) is 0 Å². The number of likely N-dealkylation sites (tertiary alicyclic amines) is 1. The highest BCUT2D eigenvalue weighted by atomic mass is 19.4. The third-order valence-electron chi connectivity index (χ3n) is 4.87. The second kappa shape index (κ2) is 7.42. The largest absolute Gasteiger partial charge is 0.508 e. The summed E-state index contributed by atoms with van der Waals surface area (Å²) in [5, 5.41) is 11.7. The number of amides is 2. The molecule has 0 aromatic heterocycles. The molecular weight excluding hydrogens is 381 g/mol. The van der Waals surface area contributed by atoms with Crippen LogP contribution in [-0.2, 0) is 25.5 Å². The van der Waals surface area contributed by atoms with Gasteiger partial charge >= 0.3 is 6.18 Å². The first-order valence-electron chi connectivity index (χ1n) is 8.73. The Morgan fingerprint density at radius 3 is 2.50 bits per heavy atom. The smallest absolute Gasteiger partial charge is 0.452 e. The van der Waals surface area contributed by atoms with Crippen molar-refractivity contribution in [2.45, 2.75) is 50.2 Å². The second-order valence-corrected chi connectivity index (χ2v) is 6.93. The molecule has 2 saturated heterocycles. The summed E-state index contributed by atoms with van der Waals surface area (Å²) < 4.78 is 41.6. The van der Waals surface area contributed by atoms with Crippen molar-refractivity contribution in [2.75, 3.05) is 6.54 Å². The van der Waals surface area contributed by atoms with Crippen LogP contribution in [0.4, 0.5) is 13.2 Å². The highest BCUT2D eigenvalue weighted by molar-refractivity contribution is 6.00. The van der Waals surface area contributed by atoms with E-state index in [1.54, 1.807) is 29.2 Å². The van der Waals surface area contributed by atoms with E-state index in [9.17, 15) is 32.7 Å². The van der Waals surface area contributed by atoms with E-state index < -0.39 is 36.1 Å². The monoisotopic (exact) mass is 400 g/mol. The number of hydrogen-bond donors (Lipinski definition) is 2. The molecule has 0 aliphatic carbocycles. The Morgan fingerprint density at radius 1 is 1.25 bits per heavy atom. The number of carbonyl (C=O) groups is 3. The van der Waals surface area contributed by atoms with E-state index in [0.29, 0.717) is 19.4 Å². The Hall–Kier alpha value is -2.62. The Balaban J connectivity index is 1.52. The Bertz CT molecular complexity index is 780. The zero-order valence-corrected chi connectivity index (χ0v) is 14.9. The summed E-state index contributed by atoms with van der Waals surface area (Å²) in [5.41, 5.74) is 0.921. The molecule has 7 nitrogen and oxygen atoms in total. The molecular formula is C18H19F3N2O5. The number of benzene rings is 1. The van der Waals surface area contributed by atoms with Gasteiger partial charge in [-0.3, -0.25) is 14.4 Å². The molecule has 10 heteroatoms. The van der Waals surface area contributed by atoms with Gasteiger partial charge in [0.25, 0.3) is 11.7 Å². The summed E-state index contributed by atoms with van der Waals surface area (Å²) in [6.45, 7) is 2.21. The number of rotatable bonds is 6. The lowest BCUT2D eigenvalue weighted by Gasteiger charge is -2.21. The number of halogens is 3. The van der Waals surface area contributed by atoms with Gasteiger partial charge < -0.3 is 20.1 Å². The fraction of sp³-hybridized carbons (Fsp3) is 0.500. The highest BCUT2D eigenvalue weighted by Gasteiger charge is 2.59. The van der Waals surface area contributed by atoms with E-state index in [-0.39, 0.29) is 17.7 Å². The van der Waals surface area contributed by atoms with Crippen molar-refractivity contribution < 1.29 is 37.4 Å². The van der Waals surface area contributed by atoms with Crippen LogP contribution in [0.25, 0.3) is 0 Å². The van der Waals surface area contributed by atoms with E-state index in [1.807, 2.05) is 6.92 Å². The standard InChI is InChI=1S/C18H19F3N2O5/c1-9-8-12(22-16(26)14-13(28-14)15(25)18(19,20)21)17(27)23(9)7-6-10-2-4-11(24)5-3-10/h2-5,9,12-14,24H,6-8H2,1H3,(H,22,26)/t9?,12-,13-,14-/m0/s1. The minimum absolute atomic E-state index is 0.141. The van der Waals surface area contributed by atoms with Crippen LogP contribution in [0.1, 0.15) is 18.9 Å². The van der Waals surface area contributed by atoms with Gasteiger partial charge in [0.1, 0.15) is 11.8 Å². The number of ketones is 1. The first kappa shape index (κ1) is 20.1. The van der Waals surface area contributed by atoms with Crippen molar-refractivity contribution in [1.82, 2.24) is 10.2 Å². The molecule has 0 spiro atoms. The second-order valence-electron chi connectivity index (χ2n) is 6.93. The Labute approximate surface area is 158 Å². The summed E-state index contributed by atoms with van der Waals surface area (Å²) >= 11 is 0. The zero-order valence-electron chi connectivity index (χ0n) is 14.9. The van der Waals surface area contributed by atoms with Gasteiger partial charge in [0.05, 0.1) is 0 Å². The van der Waals surface area contributed by atoms with Gasteiger partial charge in [0.15, 0.2) is 12.2 Å². The number of ether oxygens (including phenoxy) is 1. The Morgan fingerprint density at radius 2 is 1.89 bits per heavy atom. The topological polar surface area (TPSA) is 99.2 Å². The predicted molar refractivity (Wildman–Crippen MR) is 89.3 cm³/mol. The fourth-order valence-corrected chi connectivity index (χ4v) is 3.28. The van der Waals surface area contributed by atoms with Crippen LogP contribution in [0.5, 0.6) is 5.75 Å². The van der Waals surface area contributed by atoms with Crippen LogP contribution in [0, 0.1) is 0 Å². The van der Waals surface area contributed by atoms with Gasteiger partial charge in [0.2, 0.25) is 5.91 Å². The SMILES string of the molecule is CC1C[C@H](NC(=O)[C@H]2O[C@@H]2C(=O)C(F)(F)F)C(=O)N1CCc1ccc(O)cc1. The number of phenols is 1. The molecule has 28 heavy (non-hydrogen) atoms. The lowest BCUT2D eigenvalue weighted by molar-refractivity contribution is -0.172. The molecule has 1 unspecified atom stereocenters. The molecule has 1 aromatic carbocycles. The highest BCUT2D eigenvalue weighted by Crippen LogP contribution is 2.31. The van der Waals surface area contributed by atoms with Crippen molar-refractivity contribution in [2.24, 2.45) is 0 Å². The number of alkyl halides is 3. The molecule has 4 atom stereocenters. The van der Waals surface area contributed by atoms with Gasteiger partial charge in [-0.2, -0.15) is 13.2 Å². The molecule has 2 N–H and O–H groups in total. The predicted octanol–water partition coefficient (Wildman–Crippen LogP) is 0.939. The van der Waals surface area contributed by atoms with E-state index in [4.69, 9.17) is 0 Å². The molecule has 0 radical (unpaired) electrons. The lowest BCUT2D eigenvalue weighted by atomic mass is 10.1. The molecule has 152 valence electrons. The number of nitrogens with one attached hydrogen (secondary N) is 1. The first-order valence-corrected chi connectivity index (χ1v) is 8.73. The van der Waals surface area contributed by atoms with Crippen molar-refractivity contribution in [3.8, 4) is 5.75 Å². The maximum Gasteiger partial charge on any atom is 0.452 e. The third kappa shape index (κ3) is 4.27. The minimum Gasteiger partial charge on any atom is -0.508 e. The van der Waals surface area contributed by atoms with Crippen molar-refractivity contribution >= 4 is 17.6 Å². The molecule has 2 heterocycles. The van der Waals surface area contributed by atoms with Crippen molar-refractivity contribution in [3.05, 3.63) is 29.8 Å². The fourth-order valence-electron chi connectivity index (χ4n) is 3.28. The van der Waals surface area contributed by atoms with Gasteiger partial charge in [-0.25, -0.2) is 0 Å². The minimum atomic E-state index is -5.07. The molecule has 2 amide bonds. The summed E-state index contributed by atoms with van der Waals surface area (Å²) in [6, 6.07) is 5.53. The van der Waals surface area contributed by atoms with Crippen molar-refractivity contribution in [1.29, 1.82) is 0 Å². The number of epoxide rings is 1. The number of aromatic hydroxyl groups is 1. The van der Waals surface area contributed by atoms with E-state index >= 15 is 0 Å². The van der Waals surface area contributed by atoms with Crippen LogP contribution in [-0.4, -0.2) is 64.6 Å². The van der Waals surface area contributed by atoms with E-state index in [1.165, 1.54) is 0 Å². The number of phenolic OH excluding ortho intramolecular Hbond substituents is 1.